The average molecular weight is 320 g/mol. The Balaban J connectivity index is 1.81. The van der Waals surface area contributed by atoms with E-state index < -0.39 is 0 Å². The van der Waals surface area contributed by atoms with Gasteiger partial charge in [0.2, 0.25) is 0 Å². The number of rotatable bonds is 5. The summed E-state index contributed by atoms with van der Waals surface area (Å²) in [6.45, 7) is 7.50. The minimum atomic E-state index is -0.182. The fourth-order valence-electron chi connectivity index (χ4n) is 2.88. The van der Waals surface area contributed by atoms with Crippen molar-refractivity contribution in [2.75, 3.05) is 6.61 Å². The zero-order chi connectivity index (χ0) is 17.1. The van der Waals surface area contributed by atoms with Gasteiger partial charge in [0.25, 0.3) is 5.91 Å². The molecule has 0 aliphatic carbocycles. The molecule has 0 aliphatic rings. The van der Waals surface area contributed by atoms with Crippen LogP contribution < -0.4 is 4.74 Å². The van der Waals surface area contributed by atoms with Crippen LogP contribution >= 0.6 is 0 Å². The molecule has 0 atom stereocenters. The standard InChI is InChI=1S/C20H20N2O2/c1-4-8-17-14(2)21-22(15(17)3)20(23)13-24-19-12-7-10-16-9-5-6-11-18(16)19/h4-7,9-12H,1,8,13H2,2-3H3. The van der Waals surface area contributed by atoms with Gasteiger partial charge in [0.05, 0.1) is 5.69 Å². The maximum Gasteiger partial charge on any atom is 0.284 e. The van der Waals surface area contributed by atoms with E-state index in [1.165, 1.54) is 4.68 Å². The van der Waals surface area contributed by atoms with E-state index >= 15 is 0 Å². The molecule has 4 heteroatoms. The molecule has 3 aromatic rings. The maximum atomic E-state index is 12.5. The lowest BCUT2D eigenvalue weighted by molar-refractivity contribution is 0.0819. The van der Waals surface area contributed by atoms with Crippen LogP contribution in [0.25, 0.3) is 10.8 Å². The fourth-order valence-corrected chi connectivity index (χ4v) is 2.88. The molecular formula is C20H20N2O2. The molecule has 4 nitrogen and oxygen atoms in total. The third kappa shape index (κ3) is 2.95. The summed E-state index contributed by atoms with van der Waals surface area (Å²) in [7, 11) is 0. The van der Waals surface area contributed by atoms with Crippen molar-refractivity contribution in [3.8, 4) is 5.75 Å². The van der Waals surface area contributed by atoms with Crippen LogP contribution in [-0.4, -0.2) is 22.3 Å². The molecule has 0 radical (unpaired) electrons. The molecule has 0 N–H and O–H groups in total. The number of fused-ring (bicyclic) bond motifs is 1. The van der Waals surface area contributed by atoms with Crippen LogP contribution in [0, 0.1) is 13.8 Å². The fraction of sp³-hybridized carbons (Fsp3) is 0.200. The summed E-state index contributed by atoms with van der Waals surface area (Å²) in [6, 6.07) is 13.8. The van der Waals surface area contributed by atoms with E-state index in [-0.39, 0.29) is 12.5 Å². The molecular weight excluding hydrogens is 300 g/mol. The van der Waals surface area contributed by atoms with Gasteiger partial charge in [-0.1, -0.05) is 42.5 Å². The van der Waals surface area contributed by atoms with Crippen LogP contribution in [0.2, 0.25) is 0 Å². The number of carbonyl (C=O) groups is 1. The predicted molar refractivity (Wildman–Crippen MR) is 95.7 cm³/mol. The first kappa shape index (κ1) is 16.0. The van der Waals surface area contributed by atoms with Crippen LogP contribution in [0.5, 0.6) is 5.75 Å². The zero-order valence-corrected chi connectivity index (χ0v) is 14.0. The Hall–Kier alpha value is -2.88. The van der Waals surface area contributed by atoms with Crippen molar-refractivity contribution in [2.45, 2.75) is 20.3 Å². The zero-order valence-electron chi connectivity index (χ0n) is 14.0. The van der Waals surface area contributed by atoms with Gasteiger partial charge >= 0.3 is 0 Å². The Kier molecular flexibility index (Phi) is 4.47. The van der Waals surface area contributed by atoms with Crippen LogP contribution in [0.1, 0.15) is 21.7 Å². The van der Waals surface area contributed by atoms with Crippen molar-refractivity contribution in [1.29, 1.82) is 0 Å². The highest BCUT2D eigenvalue weighted by molar-refractivity contribution is 5.88. The second-order valence-corrected chi connectivity index (χ2v) is 5.71. The molecule has 2 aromatic carbocycles. The summed E-state index contributed by atoms with van der Waals surface area (Å²) in [5, 5.41) is 6.42. The summed E-state index contributed by atoms with van der Waals surface area (Å²) < 4.78 is 7.20. The number of hydrogen-bond donors (Lipinski definition) is 0. The third-order valence-electron chi connectivity index (χ3n) is 4.13. The number of aromatic nitrogens is 2. The SMILES string of the molecule is C=CCc1c(C)nn(C(=O)COc2cccc3ccccc23)c1C. The van der Waals surface area contributed by atoms with Crippen LogP contribution in [0.3, 0.4) is 0 Å². The molecule has 0 spiro atoms. The number of ether oxygens (including phenoxy) is 1. The first-order valence-electron chi connectivity index (χ1n) is 7.91. The lowest BCUT2D eigenvalue weighted by Crippen LogP contribution is -2.21. The van der Waals surface area contributed by atoms with Crippen molar-refractivity contribution in [3.63, 3.8) is 0 Å². The van der Waals surface area contributed by atoms with Gasteiger partial charge in [-0.3, -0.25) is 4.79 Å². The Bertz CT molecular complexity index is 904. The second kappa shape index (κ2) is 6.71. The first-order chi connectivity index (χ1) is 11.6. The van der Waals surface area contributed by atoms with Crippen molar-refractivity contribution >= 4 is 16.7 Å². The van der Waals surface area contributed by atoms with E-state index in [1.54, 1.807) is 0 Å². The molecule has 0 fully saturated rings. The Morgan fingerprint density at radius 3 is 2.75 bits per heavy atom. The predicted octanol–water partition coefficient (Wildman–Crippen LogP) is 4.10. The highest BCUT2D eigenvalue weighted by Crippen LogP contribution is 2.25. The van der Waals surface area contributed by atoms with Crippen LogP contribution in [-0.2, 0) is 6.42 Å². The Labute approximate surface area is 141 Å². The van der Waals surface area contributed by atoms with E-state index in [9.17, 15) is 4.79 Å². The summed E-state index contributed by atoms with van der Waals surface area (Å²) in [4.78, 5) is 12.5. The monoisotopic (exact) mass is 320 g/mol. The molecule has 0 bridgehead atoms. The molecule has 122 valence electrons. The quantitative estimate of drug-likeness (QED) is 0.665. The highest BCUT2D eigenvalue weighted by Gasteiger charge is 2.16. The van der Waals surface area contributed by atoms with Gasteiger partial charge in [-0.05, 0) is 31.7 Å². The van der Waals surface area contributed by atoms with Gasteiger partial charge in [0, 0.05) is 16.6 Å². The van der Waals surface area contributed by atoms with Gasteiger partial charge in [0.15, 0.2) is 6.61 Å². The van der Waals surface area contributed by atoms with E-state index in [0.717, 1.165) is 27.7 Å². The number of allylic oxidation sites excluding steroid dienone is 1. The molecule has 0 aliphatic heterocycles. The topological polar surface area (TPSA) is 44.1 Å². The van der Waals surface area contributed by atoms with Crippen LogP contribution in [0.15, 0.2) is 55.1 Å². The normalized spacial score (nSPS) is 10.8. The van der Waals surface area contributed by atoms with Gasteiger partial charge in [0.1, 0.15) is 5.75 Å². The van der Waals surface area contributed by atoms with Crippen molar-refractivity contribution in [2.24, 2.45) is 0 Å². The van der Waals surface area contributed by atoms with Gasteiger partial charge in [-0.15, -0.1) is 6.58 Å². The van der Waals surface area contributed by atoms with Gasteiger partial charge in [-0.2, -0.15) is 5.10 Å². The molecule has 24 heavy (non-hydrogen) atoms. The van der Waals surface area contributed by atoms with Crippen molar-refractivity contribution in [3.05, 3.63) is 72.1 Å². The molecule has 0 amide bonds. The molecule has 0 saturated carbocycles. The number of benzene rings is 2. The van der Waals surface area contributed by atoms with E-state index in [2.05, 4.69) is 11.7 Å². The van der Waals surface area contributed by atoms with Crippen molar-refractivity contribution in [1.82, 2.24) is 9.78 Å². The summed E-state index contributed by atoms with van der Waals surface area (Å²) in [5.41, 5.74) is 2.74. The molecule has 3 rings (SSSR count). The minimum absolute atomic E-state index is 0.0521. The molecule has 1 aromatic heterocycles. The summed E-state index contributed by atoms with van der Waals surface area (Å²) >= 11 is 0. The molecule has 1 heterocycles. The third-order valence-corrected chi connectivity index (χ3v) is 4.13. The maximum absolute atomic E-state index is 12.5. The van der Waals surface area contributed by atoms with Gasteiger partial charge < -0.3 is 4.74 Å². The van der Waals surface area contributed by atoms with Gasteiger partial charge in [-0.25, -0.2) is 4.68 Å². The lowest BCUT2D eigenvalue weighted by Gasteiger charge is -2.09. The number of nitrogens with zero attached hydrogens (tertiary/aromatic N) is 2. The second-order valence-electron chi connectivity index (χ2n) is 5.71. The summed E-state index contributed by atoms with van der Waals surface area (Å²) in [5.74, 6) is 0.521. The molecule has 0 saturated heterocycles. The molecule has 0 unspecified atom stereocenters. The lowest BCUT2D eigenvalue weighted by atomic mass is 10.1. The largest absolute Gasteiger partial charge is 0.483 e. The minimum Gasteiger partial charge on any atom is -0.483 e. The summed E-state index contributed by atoms with van der Waals surface area (Å²) in [6.07, 6.45) is 2.52. The van der Waals surface area contributed by atoms with E-state index in [0.29, 0.717) is 12.2 Å². The average Bonchev–Trinajstić information content (AvgIpc) is 2.88. The number of aryl methyl sites for hydroxylation is 1. The Morgan fingerprint density at radius 2 is 1.96 bits per heavy atom. The van der Waals surface area contributed by atoms with Crippen molar-refractivity contribution < 1.29 is 9.53 Å². The van der Waals surface area contributed by atoms with Crippen LogP contribution in [0.4, 0.5) is 0 Å². The number of hydrogen-bond acceptors (Lipinski definition) is 3. The number of carbonyl (C=O) groups excluding carboxylic acids is 1. The highest BCUT2D eigenvalue weighted by atomic mass is 16.5. The first-order valence-corrected chi connectivity index (χ1v) is 7.91. The Morgan fingerprint density at radius 1 is 1.21 bits per heavy atom. The van der Waals surface area contributed by atoms with E-state index in [1.807, 2.05) is 62.4 Å². The smallest absolute Gasteiger partial charge is 0.284 e. The van der Waals surface area contributed by atoms with E-state index in [4.69, 9.17) is 4.74 Å².